The van der Waals surface area contributed by atoms with Crippen molar-refractivity contribution in [2.75, 3.05) is 37.7 Å². The maximum absolute atomic E-state index is 12.3. The quantitative estimate of drug-likeness (QED) is 0.880. The number of carbonyl (C=O) groups is 1. The molecule has 2 saturated heterocycles. The van der Waals surface area contributed by atoms with Crippen molar-refractivity contribution in [3.63, 3.8) is 0 Å². The molecule has 1 aromatic carbocycles. The van der Waals surface area contributed by atoms with Crippen molar-refractivity contribution in [1.82, 2.24) is 10.6 Å². The molecule has 1 amide bonds. The van der Waals surface area contributed by atoms with Gasteiger partial charge in [-0.2, -0.15) is 0 Å². The average Bonchev–Trinajstić information content (AvgIpc) is 2.62. The van der Waals surface area contributed by atoms with E-state index in [0.29, 0.717) is 13.2 Å². The fourth-order valence-corrected chi connectivity index (χ4v) is 3.48. The molecule has 0 aliphatic carbocycles. The van der Waals surface area contributed by atoms with Crippen LogP contribution in [0.1, 0.15) is 39.2 Å². The summed E-state index contributed by atoms with van der Waals surface area (Å²) < 4.78 is 5.53. The summed E-state index contributed by atoms with van der Waals surface area (Å²) >= 11 is 0. The van der Waals surface area contributed by atoms with Crippen molar-refractivity contribution in [1.29, 1.82) is 0 Å². The lowest BCUT2D eigenvalue weighted by Crippen LogP contribution is -2.52. The average molecular weight is 345 g/mol. The second kappa shape index (κ2) is 7.75. The zero-order valence-electron chi connectivity index (χ0n) is 15.7. The first-order chi connectivity index (χ1) is 11.9. The number of hydrogen-bond acceptors (Lipinski definition) is 4. The highest BCUT2D eigenvalue weighted by Crippen LogP contribution is 2.26. The van der Waals surface area contributed by atoms with E-state index in [0.717, 1.165) is 32.5 Å². The molecule has 3 rings (SSSR count). The number of rotatable bonds is 3. The van der Waals surface area contributed by atoms with Gasteiger partial charge in [-0.1, -0.05) is 32.9 Å². The maximum atomic E-state index is 12.3. The maximum Gasteiger partial charge on any atom is 0.250 e. The number of nitrogens with zero attached hydrogens (tertiary/aromatic N) is 1. The molecule has 0 unspecified atom stereocenters. The molecular weight excluding hydrogens is 314 g/mol. The highest BCUT2D eigenvalue weighted by atomic mass is 16.5. The molecule has 1 atom stereocenters. The fourth-order valence-electron chi connectivity index (χ4n) is 3.48. The largest absolute Gasteiger partial charge is 0.371 e. The second-order valence-electron chi connectivity index (χ2n) is 8.13. The molecule has 5 heteroatoms. The Balaban J connectivity index is 1.49. The molecule has 0 aromatic heterocycles. The lowest BCUT2D eigenvalue weighted by molar-refractivity contribution is -0.135. The molecule has 5 nitrogen and oxygen atoms in total. The monoisotopic (exact) mass is 345 g/mol. The number of morpholine rings is 1. The summed E-state index contributed by atoms with van der Waals surface area (Å²) in [4.78, 5) is 14.7. The third kappa shape index (κ3) is 4.73. The van der Waals surface area contributed by atoms with Crippen molar-refractivity contribution < 1.29 is 9.53 Å². The Kier molecular flexibility index (Phi) is 5.64. The van der Waals surface area contributed by atoms with E-state index < -0.39 is 0 Å². The van der Waals surface area contributed by atoms with Gasteiger partial charge in [0.2, 0.25) is 0 Å². The zero-order chi connectivity index (χ0) is 17.9. The van der Waals surface area contributed by atoms with E-state index in [2.05, 4.69) is 60.6 Å². The number of anilines is 1. The van der Waals surface area contributed by atoms with Gasteiger partial charge >= 0.3 is 0 Å². The van der Waals surface area contributed by atoms with Crippen LogP contribution in [0.4, 0.5) is 5.69 Å². The van der Waals surface area contributed by atoms with Gasteiger partial charge in [-0.15, -0.1) is 0 Å². The summed E-state index contributed by atoms with van der Waals surface area (Å²) in [6.07, 6.45) is 1.62. The summed E-state index contributed by atoms with van der Waals surface area (Å²) in [5, 5.41) is 6.36. The zero-order valence-corrected chi connectivity index (χ0v) is 15.7. The minimum Gasteiger partial charge on any atom is -0.371 e. The topological polar surface area (TPSA) is 53.6 Å². The Labute approximate surface area is 151 Å². The van der Waals surface area contributed by atoms with Crippen molar-refractivity contribution in [3.05, 3.63) is 29.8 Å². The van der Waals surface area contributed by atoms with Gasteiger partial charge in [-0.05, 0) is 36.0 Å². The van der Waals surface area contributed by atoms with Crippen LogP contribution in [0.15, 0.2) is 24.3 Å². The van der Waals surface area contributed by atoms with Crippen LogP contribution in [0.5, 0.6) is 0 Å². The number of benzene rings is 1. The Morgan fingerprint density at radius 2 is 1.88 bits per heavy atom. The van der Waals surface area contributed by atoms with E-state index in [-0.39, 0.29) is 23.5 Å². The summed E-state index contributed by atoms with van der Waals surface area (Å²) in [7, 11) is 0. The minimum absolute atomic E-state index is 0.0279. The van der Waals surface area contributed by atoms with Gasteiger partial charge < -0.3 is 20.3 Å². The van der Waals surface area contributed by atoms with Crippen molar-refractivity contribution in [2.45, 2.75) is 51.2 Å². The van der Waals surface area contributed by atoms with Gasteiger partial charge in [0.05, 0.1) is 6.61 Å². The molecule has 2 N–H and O–H groups in total. The molecule has 2 heterocycles. The molecule has 1 aromatic rings. The normalized spacial score (nSPS) is 22.7. The van der Waals surface area contributed by atoms with Crippen LogP contribution in [-0.2, 0) is 14.9 Å². The Hall–Kier alpha value is -1.59. The van der Waals surface area contributed by atoms with Crippen LogP contribution < -0.4 is 15.5 Å². The summed E-state index contributed by atoms with van der Waals surface area (Å²) in [5.41, 5.74) is 2.82. The lowest BCUT2D eigenvalue weighted by Gasteiger charge is -2.35. The number of carbonyl (C=O) groups excluding carboxylic acids is 1. The van der Waals surface area contributed by atoms with E-state index in [9.17, 15) is 4.79 Å². The highest BCUT2D eigenvalue weighted by Gasteiger charge is 2.26. The molecule has 2 aliphatic heterocycles. The first-order valence-electron chi connectivity index (χ1n) is 9.42. The third-order valence-corrected chi connectivity index (χ3v) is 5.16. The molecule has 0 spiro atoms. The molecule has 138 valence electrons. The summed E-state index contributed by atoms with van der Waals surface area (Å²) in [5.74, 6) is 0.0279. The van der Waals surface area contributed by atoms with E-state index in [1.165, 1.54) is 11.3 Å². The van der Waals surface area contributed by atoms with Gasteiger partial charge in [0, 0.05) is 37.9 Å². The Morgan fingerprint density at radius 3 is 2.44 bits per heavy atom. The first kappa shape index (κ1) is 18.2. The van der Waals surface area contributed by atoms with E-state index >= 15 is 0 Å². The van der Waals surface area contributed by atoms with Gasteiger partial charge in [0.25, 0.3) is 5.91 Å². The van der Waals surface area contributed by atoms with Crippen LogP contribution in [0.3, 0.4) is 0 Å². The van der Waals surface area contributed by atoms with E-state index in [1.807, 2.05) is 0 Å². The summed E-state index contributed by atoms with van der Waals surface area (Å²) in [6, 6.07) is 9.16. The van der Waals surface area contributed by atoms with Crippen LogP contribution in [0.2, 0.25) is 0 Å². The fraction of sp³-hybridized carbons (Fsp3) is 0.650. The SMILES string of the molecule is CC(C)(C)c1ccc(N2CCC(NC(=O)[C@@H]3CNCCO3)CC2)cc1. The number of hydrogen-bond donors (Lipinski definition) is 2. The van der Waals surface area contributed by atoms with Crippen molar-refractivity contribution in [3.8, 4) is 0 Å². The number of ether oxygens (including phenoxy) is 1. The van der Waals surface area contributed by atoms with E-state index in [1.54, 1.807) is 0 Å². The Morgan fingerprint density at radius 1 is 1.20 bits per heavy atom. The lowest BCUT2D eigenvalue weighted by atomic mass is 9.87. The van der Waals surface area contributed by atoms with Crippen LogP contribution in [-0.4, -0.2) is 50.8 Å². The van der Waals surface area contributed by atoms with Crippen LogP contribution in [0.25, 0.3) is 0 Å². The predicted octanol–water partition coefficient (Wildman–Crippen LogP) is 2.06. The van der Waals surface area contributed by atoms with Gasteiger partial charge in [-0.3, -0.25) is 4.79 Å². The molecule has 0 bridgehead atoms. The van der Waals surface area contributed by atoms with Gasteiger partial charge in [0.1, 0.15) is 6.10 Å². The second-order valence-corrected chi connectivity index (χ2v) is 8.13. The number of piperidine rings is 1. The molecule has 25 heavy (non-hydrogen) atoms. The van der Waals surface area contributed by atoms with Crippen LogP contribution >= 0.6 is 0 Å². The highest BCUT2D eigenvalue weighted by molar-refractivity contribution is 5.81. The molecule has 0 saturated carbocycles. The Bertz CT molecular complexity index is 566. The number of nitrogens with one attached hydrogen (secondary N) is 2. The smallest absolute Gasteiger partial charge is 0.250 e. The van der Waals surface area contributed by atoms with Gasteiger partial charge in [-0.25, -0.2) is 0 Å². The molecule has 2 fully saturated rings. The minimum atomic E-state index is -0.336. The van der Waals surface area contributed by atoms with Crippen molar-refractivity contribution >= 4 is 11.6 Å². The number of amides is 1. The van der Waals surface area contributed by atoms with Crippen molar-refractivity contribution in [2.24, 2.45) is 0 Å². The molecular formula is C20H31N3O2. The third-order valence-electron chi connectivity index (χ3n) is 5.16. The first-order valence-corrected chi connectivity index (χ1v) is 9.42. The standard InChI is InChI=1S/C20H31N3O2/c1-20(2,3)15-4-6-17(7-5-15)23-11-8-16(9-12-23)22-19(24)18-14-21-10-13-25-18/h4-7,16,18,21H,8-14H2,1-3H3,(H,22,24)/t18-/m0/s1. The predicted molar refractivity (Wildman–Crippen MR) is 101 cm³/mol. The molecule has 2 aliphatic rings. The molecule has 0 radical (unpaired) electrons. The van der Waals surface area contributed by atoms with Crippen LogP contribution in [0, 0.1) is 0 Å². The van der Waals surface area contributed by atoms with E-state index in [4.69, 9.17) is 4.74 Å². The summed E-state index contributed by atoms with van der Waals surface area (Å²) in [6.45, 7) is 10.7. The van der Waals surface area contributed by atoms with Gasteiger partial charge in [0.15, 0.2) is 0 Å².